The third-order valence-electron chi connectivity index (χ3n) is 5.26. The number of imide groups is 1. The number of hydrogen-bond donors (Lipinski definition) is 1. The lowest BCUT2D eigenvalue weighted by molar-refractivity contribution is 0.0924. The highest BCUT2D eigenvalue weighted by Crippen LogP contribution is 2.29. The van der Waals surface area contributed by atoms with E-state index in [-0.39, 0.29) is 17.7 Å². The number of aryl methyl sites for hydroxylation is 1. The Morgan fingerprint density at radius 1 is 0.935 bits per heavy atom. The van der Waals surface area contributed by atoms with Gasteiger partial charge in [0.05, 0.1) is 22.5 Å². The van der Waals surface area contributed by atoms with Crippen LogP contribution in [0.1, 0.15) is 56.4 Å². The first-order valence-electron chi connectivity index (χ1n) is 10.2. The number of hydrogen-bond acceptors (Lipinski definition) is 3. The van der Waals surface area contributed by atoms with Gasteiger partial charge in [-0.1, -0.05) is 37.6 Å². The third kappa shape index (κ3) is 4.16. The minimum absolute atomic E-state index is 0.319. The molecule has 1 heterocycles. The maximum Gasteiger partial charge on any atom is 0.266 e. The molecule has 0 atom stereocenters. The lowest BCUT2D eigenvalue weighted by Crippen LogP contribution is -2.29. The summed E-state index contributed by atoms with van der Waals surface area (Å²) >= 11 is 3.53. The van der Waals surface area contributed by atoms with Gasteiger partial charge in [-0.2, -0.15) is 0 Å². The van der Waals surface area contributed by atoms with Gasteiger partial charge < -0.3 is 5.32 Å². The molecule has 156 valence electrons. The summed E-state index contributed by atoms with van der Waals surface area (Å²) < 4.78 is 0.811. The fraction of sp³-hybridized carbons (Fsp3) is 0.160. The van der Waals surface area contributed by atoms with Crippen LogP contribution in [0.4, 0.5) is 11.4 Å². The summed E-state index contributed by atoms with van der Waals surface area (Å²) in [7, 11) is 0. The molecule has 0 saturated carbocycles. The van der Waals surface area contributed by atoms with Gasteiger partial charge in [0.1, 0.15) is 0 Å². The fourth-order valence-corrected chi connectivity index (χ4v) is 4.13. The Morgan fingerprint density at radius 3 is 2.29 bits per heavy atom. The van der Waals surface area contributed by atoms with Crippen LogP contribution in [0.2, 0.25) is 0 Å². The molecule has 0 bridgehead atoms. The molecular weight excluding hydrogens is 456 g/mol. The van der Waals surface area contributed by atoms with Crippen molar-refractivity contribution in [3.05, 3.63) is 93.5 Å². The lowest BCUT2D eigenvalue weighted by Gasteiger charge is -2.15. The Labute approximate surface area is 189 Å². The zero-order valence-electron chi connectivity index (χ0n) is 17.0. The topological polar surface area (TPSA) is 66.5 Å². The number of rotatable bonds is 6. The number of unbranched alkanes of at least 4 members (excludes halogenated alkanes) is 1. The van der Waals surface area contributed by atoms with Gasteiger partial charge in [-0.3, -0.25) is 14.4 Å². The van der Waals surface area contributed by atoms with Crippen LogP contribution in [0, 0.1) is 0 Å². The summed E-state index contributed by atoms with van der Waals surface area (Å²) in [5, 5.41) is 2.89. The number of nitrogens with zero attached hydrogens (tertiary/aromatic N) is 1. The molecule has 6 heteroatoms. The Balaban J connectivity index is 1.55. The molecule has 3 aromatic rings. The van der Waals surface area contributed by atoms with Crippen LogP contribution in [0.5, 0.6) is 0 Å². The van der Waals surface area contributed by atoms with Gasteiger partial charge in [-0.25, -0.2) is 4.90 Å². The van der Waals surface area contributed by atoms with E-state index in [0.717, 1.165) is 28.6 Å². The van der Waals surface area contributed by atoms with Gasteiger partial charge in [0.15, 0.2) is 0 Å². The van der Waals surface area contributed by atoms with Crippen molar-refractivity contribution in [1.82, 2.24) is 0 Å². The fourth-order valence-electron chi connectivity index (χ4n) is 3.60. The Kier molecular flexibility index (Phi) is 6.00. The largest absolute Gasteiger partial charge is 0.321 e. The smallest absolute Gasteiger partial charge is 0.266 e. The summed E-state index contributed by atoms with van der Waals surface area (Å²) in [4.78, 5) is 39.4. The first-order chi connectivity index (χ1) is 15.0. The molecule has 0 fully saturated rings. The normalized spacial score (nSPS) is 12.8. The molecule has 1 aliphatic rings. The van der Waals surface area contributed by atoms with E-state index in [2.05, 4.69) is 28.2 Å². The first kappa shape index (κ1) is 21.0. The van der Waals surface area contributed by atoms with Crippen LogP contribution < -0.4 is 10.2 Å². The number of halogens is 1. The number of benzene rings is 3. The van der Waals surface area contributed by atoms with E-state index in [4.69, 9.17) is 0 Å². The highest BCUT2D eigenvalue weighted by atomic mass is 79.9. The second-order valence-corrected chi connectivity index (χ2v) is 8.27. The predicted octanol–water partition coefficient (Wildman–Crippen LogP) is 5.84. The second-order valence-electron chi connectivity index (χ2n) is 7.41. The highest BCUT2D eigenvalue weighted by molar-refractivity contribution is 9.10. The maximum absolute atomic E-state index is 12.9. The van der Waals surface area contributed by atoms with Crippen LogP contribution in [-0.2, 0) is 6.42 Å². The predicted molar refractivity (Wildman–Crippen MR) is 125 cm³/mol. The minimum atomic E-state index is -0.386. The number of carbonyl (C=O) groups is 3. The molecule has 1 N–H and O–H groups in total. The van der Waals surface area contributed by atoms with E-state index in [1.165, 1.54) is 5.56 Å². The van der Waals surface area contributed by atoms with E-state index in [1.807, 2.05) is 18.2 Å². The standard InChI is InChI=1S/C25H21BrN2O3/c1-2-3-7-16-12-13-22(21(26)14-16)27-23(29)17-8-6-9-18(15-17)28-24(30)19-10-4-5-11-20(19)25(28)31/h4-6,8-15H,2-3,7H2,1H3,(H,27,29). The van der Waals surface area contributed by atoms with Crippen LogP contribution >= 0.6 is 15.9 Å². The molecule has 4 rings (SSSR count). The Morgan fingerprint density at radius 2 is 1.65 bits per heavy atom. The zero-order valence-corrected chi connectivity index (χ0v) is 18.6. The van der Waals surface area contributed by atoms with Crippen molar-refractivity contribution in [2.45, 2.75) is 26.2 Å². The van der Waals surface area contributed by atoms with Crippen LogP contribution in [0.25, 0.3) is 0 Å². The summed E-state index contributed by atoms with van der Waals surface area (Å²) in [6.07, 6.45) is 3.23. The van der Waals surface area contributed by atoms with Crippen LogP contribution in [0.15, 0.2) is 71.2 Å². The molecule has 0 spiro atoms. The summed E-state index contributed by atoms with van der Waals surface area (Å²) in [5.41, 5.74) is 3.34. The highest BCUT2D eigenvalue weighted by Gasteiger charge is 2.36. The summed E-state index contributed by atoms with van der Waals surface area (Å²) in [6, 6.07) is 19.1. The molecule has 0 aromatic heterocycles. The van der Waals surface area contributed by atoms with Crippen molar-refractivity contribution in [1.29, 1.82) is 0 Å². The second kappa shape index (κ2) is 8.86. The van der Waals surface area contributed by atoms with Gasteiger partial charge in [0, 0.05) is 10.0 Å². The van der Waals surface area contributed by atoms with E-state index < -0.39 is 0 Å². The molecule has 0 aliphatic carbocycles. The first-order valence-corrected chi connectivity index (χ1v) is 11.0. The van der Waals surface area contributed by atoms with Crippen LogP contribution in [-0.4, -0.2) is 17.7 Å². The minimum Gasteiger partial charge on any atom is -0.321 e. The summed E-state index contributed by atoms with van der Waals surface area (Å²) in [6.45, 7) is 2.15. The van der Waals surface area contributed by atoms with Gasteiger partial charge in [-0.15, -0.1) is 0 Å². The zero-order chi connectivity index (χ0) is 22.0. The van der Waals surface area contributed by atoms with Gasteiger partial charge in [-0.05, 0) is 76.8 Å². The number of anilines is 2. The molecule has 0 saturated heterocycles. The van der Waals surface area contributed by atoms with Crippen molar-refractivity contribution in [3.63, 3.8) is 0 Å². The number of nitrogens with one attached hydrogen (secondary N) is 1. The Hall–Kier alpha value is -3.25. The molecule has 0 unspecified atom stereocenters. The quantitative estimate of drug-likeness (QED) is 0.454. The average Bonchev–Trinajstić information content (AvgIpc) is 3.04. The lowest BCUT2D eigenvalue weighted by atomic mass is 10.1. The molecule has 5 nitrogen and oxygen atoms in total. The molecular formula is C25H21BrN2O3. The number of fused-ring (bicyclic) bond motifs is 1. The van der Waals surface area contributed by atoms with Crippen molar-refractivity contribution >= 4 is 45.0 Å². The van der Waals surface area contributed by atoms with Crippen molar-refractivity contribution in [2.24, 2.45) is 0 Å². The Bertz CT molecular complexity index is 1150. The third-order valence-corrected chi connectivity index (χ3v) is 5.92. The molecule has 1 aliphatic heterocycles. The van der Waals surface area contributed by atoms with E-state index in [1.54, 1.807) is 48.5 Å². The number of amides is 3. The van der Waals surface area contributed by atoms with E-state index >= 15 is 0 Å². The van der Waals surface area contributed by atoms with Crippen LogP contribution in [0.3, 0.4) is 0 Å². The van der Waals surface area contributed by atoms with E-state index in [9.17, 15) is 14.4 Å². The number of carbonyl (C=O) groups excluding carboxylic acids is 3. The summed E-state index contributed by atoms with van der Waals surface area (Å²) in [5.74, 6) is -1.09. The van der Waals surface area contributed by atoms with Crippen molar-refractivity contribution in [3.8, 4) is 0 Å². The average molecular weight is 477 g/mol. The molecule has 0 radical (unpaired) electrons. The van der Waals surface area contributed by atoms with Crippen molar-refractivity contribution in [2.75, 3.05) is 10.2 Å². The van der Waals surface area contributed by atoms with E-state index in [0.29, 0.717) is 28.1 Å². The maximum atomic E-state index is 12.9. The van der Waals surface area contributed by atoms with Gasteiger partial charge in [0.25, 0.3) is 17.7 Å². The SMILES string of the molecule is CCCCc1ccc(NC(=O)c2cccc(N3C(=O)c4ccccc4C3=O)c2)c(Br)c1. The van der Waals surface area contributed by atoms with Gasteiger partial charge >= 0.3 is 0 Å². The van der Waals surface area contributed by atoms with Gasteiger partial charge in [0.2, 0.25) is 0 Å². The molecule has 31 heavy (non-hydrogen) atoms. The molecule has 3 aromatic carbocycles. The van der Waals surface area contributed by atoms with Crippen molar-refractivity contribution < 1.29 is 14.4 Å². The molecule has 3 amide bonds. The monoisotopic (exact) mass is 476 g/mol.